The highest BCUT2D eigenvalue weighted by Gasteiger charge is 2.51. The van der Waals surface area contributed by atoms with E-state index in [1.165, 1.54) is 57.8 Å². The van der Waals surface area contributed by atoms with Gasteiger partial charge in [-0.25, -0.2) is 4.57 Å². The molecule has 0 spiro atoms. The Morgan fingerprint density at radius 3 is 1.58 bits per heavy atom. The first kappa shape index (κ1) is 55.5. The molecule has 16 heteroatoms. The highest BCUT2D eigenvalue weighted by atomic mass is 31.2. The van der Waals surface area contributed by atoms with Crippen LogP contribution in [0.15, 0.2) is 12.2 Å². The van der Waals surface area contributed by atoms with Crippen molar-refractivity contribution < 1.29 is 73.3 Å². The smallest absolute Gasteiger partial charge is 0.462 e. The molecule has 0 aromatic carbocycles. The molecule has 8 atom stereocenters. The summed E-state index contributed by atoms with van der Waals surface area (Å²) < 4.78 is 33.4. The fraction of sp³-hybridized carbons (Fsp3) is 0.907. The van der Waals surface area contributed by atoms with E-state index in [4.69, 9.17) is 18.5 Å². The van der Waals surface area contributed by atoms with Crippen molar-refractivity contribution in [2.45, 2.75) is 236 Å². The predicted molar refractivity (Wildman–Crippen MR) is 224 cm³/mol. The van der Waals surface area contributed by atoms with Gasteiger partial charge >= 0.3 is 19.8 Å². The summed E-state index contributed by atoms with van der Waals surface area (Å²) in [4.78, 5) is 35.6. The maximum atomic E-state index is 12.8. The maximum Gasteiger partial charge on any atom is 0.472 e. The van der Waals surface area contributed by atoms with E-state index in [2.05, 4.69) is 13.8 Å². The first-order valence-electron chi connectivity index (χ1n) is 22.7. The first-order valence-corrected chi connectivity index (χ1v) is 24.2. The quantitative estimate of drug-likeness (QED) is 0.0149. The second kappa shape index (κ2) is 34.1. The number of ether oxygens (including phenoxy) is 2. The van der Waals surface area contributed by atoms with Crippen LogP contribution in [0.1, 0.15) is 181 Å². The zero-order valence-electron chi connectivity index (χ0n) is 36.0. The summed E-state index contributed by atoms with van der Waals surface area (Å²) in [6.07, 6.45) is 13.1. The van der Waals surface area contributed by atoms with Crippen molar-refractivity contribution in [1.29, 1.82) is 0 Å². The van der Waals surface area contributed by atoms with Gasteiger partial charge in [0, 0.05) is 12.8 Å². The molecule has 59 heavy (non-hydrogen) atoms. The number of carbonyl (C=O) groups excluding carboxylic acids is 2. The van der Waals surface area contributed by atoms with E-state index in [0.717, 1.165) is 70.6 Å². The summed E-state index contributed by atoms with van der Waals surface area (Å²) in [5.74, 6) is -1.17. The number of hydrogen-bond donors (Lipinski definition) is 8. The van der Waals surface area contributed by atoms with Gasteiger partial charge in [0.05, 0.1) is 18.8 Å². The molecule has 1 rings (SSSR count). The lowest BCUT2D eigenvalue weighted by Gasteiger charge is -2.41. The molecular weight excluding hydrogens is 787 g/mol. The van der Waals surface area contributed by atoms with E-state index in [0.29, 0.717) is 25.7 Å². The third-order valence-electron chi connectivity index (χ3n) is 10.8. The lowest BCUT2D eigenvalue weighted by Crippen LogP contribution is -2.64. The van der Waals surface area contributed by atoms with E-state index >= 15 is 0 Å². The molecule has 348 valence electrons. The molecule has 0 saturated heterocycles. The zero-order valence-corrected chi connectivity index (χ0v) is 36.9. The molecule has 0 heterocycles. The van der Waals surface area contributed by atoms with Gasteiger partial charge in [0.25, 0.3) is 0 Å². The third kappa shape index (κ3) is 26.6. The van der Waals surface area contributed by atoms with Crippen LogP contribution < -0.4 is 0 Å². The Balaban J connectivity index is 2.51. The van der Waals surface area contributed by atoms with Crippen molar-refractivity contribution in [3.63, 3.8) is 0 Å². The van der Waals surface area contributed by atoms with Crippen molar-refractivity contribution in [3.8, 4) is 0 Å². The van der Waals surface area contributed by atoms with E-state index < -0.39 is 87.9 Å². The molecule has 8 N–H and O–H groups in total. The van der Waals surface area contributed by atoms with E-state index in [9.17, 15) is 54.8 Å². The van der Waals surface area contributed by atoms with Gasteiger partial charge in [-0.3, -0.25) is 18.6 Å². The molecule has 1 aliphatic carbocycles. The summed E-state index contributed by atoms with van der Waals surface area (Å²) >= 11 is 0. The van der Waals surface area contributed by atoms with Gasteiger partial charge in [-0.15, -0.1) is 0 Å². The predicted octanol–water partition coefficient (Wildman–Crippen LogP) is 6.22. The van der Waals surface area contributed by atoms with Crippen LogP contribution in [0.25, 0.3) is 0 Å². The van der Waals surface area contributed by atoms with E-state index in [1.807, 2.05) is 12.2 Å². The van der Waals surface area contributed by atoms with Gasteiger partial charge in [-0.2, -0.15) is 0 Å². The second-order valence-electron chi connectivity index (χ2n) is 16.2. The summed E-state index contributed by atoms with van der Waals surface area (Å²) in [5.41, 5.74) is 0. The summed E-state index contributed by atoms with van der Waals surface area (Å²) in [6, 6.07) is 0. The molecule has 1 aliphatic rings. The number of rotatable bonds is 37. The number of allylic oxidation sites excluding steroid dienone is 1. The first-order chi connectivity index (χ1) is 28.2. The van der Waals surface area contributed by atoms with Crippen LogP contribution in [0.2, 0.25) is 0 Å². The molecule has 0 aromatic heterocycles. The number of aliphatic hydroxyl groups excluding tert-OH is 7. The van der Waals surface area contributed by atoms with Gasteiger partial charge in [-0.1, -0.05) is 142 Å². The number of hydrogen-bond acceptors (Lipinski definition) is 14. The normalized spacial score (nSPS) is 23.5. The molecule has 0 aromatic rings. The fourth-order valence-electron chi connectivity index (χ4n) is 6.96. The Labute approximate surface area is 353 Å². The SMILES string of the molecule is CCCCCCCCCCCCCCCC(=O)OCC(COP(=O)(O)OC1C(O)C(O)C(O)C(O)C1O)OC(=O)CCCCCCC/C=C\CC(O)C(O)CCCCC. The van der Waals surface area contributed by atoms with Crippen LogP contribution in [0.4, 0.5) is 0 Å². The Kier molecular flexibility index (Phi) is 32.0. The van der Waals surface area contributed by atoms with Crippen LogP contribution in [-0.2, 0) is 32.7 Å². The Morgan fingerprint density at radius 2 is 1.03 bits per heavy atom. The average Bonchev–Trinajstić information content (AvgIpc) is 3.21. The van der Waals surface area contributed by atoms with Crippen LogP contribution in [-0.4, -0.2) is 121 Å². The van der Waals surface area contributed by atoms with Gasteiger partial charge in [-0.05, 0) is 38.5 Å². The van der Waals surface area contributed by atoms with Crippen LogP contribution in [0, 0.1) is 0 Å². The number of carbonyl (C=O) groups is 2. The van der Waals surface area contributed by atoms with Gasteiger partial charge in [0.1, 0.15) is 43.2 Å². The highest BCUT2D eigenvalue weighted by molar-refractivity contribution is 7.47. The molecule has 8 unspecified atom stereocenters. The Morgan fingerprint density at radius 1 is 0.576 bits per heavy atom. The summed E-state index contributed by atoms with van der Waals surface area (Å²) in [5, 5.41) is 70.2. The topological polar surface area (TPSA) is 250 Å². The second-order valence-corrected chi connectivity index (χ2v) is 17.6. The minimum absolute atomic E-state index is 0.0353. The van der Waals surface area contributed by atoms with Crippen molar-refractivity contribution in [3.05, 3.63) is 12.2 Å². The molecule has 1 saturated carbocycles. The number of unbranched alkanes of at least 4 members (excludes halogenated alkanes) is 19. The maximum absolute atomic E-state index is 12.8. The summed E-state index contributed by atoms with van der Waals surface area (Å²) in [6.45, 7) is 3.08. The minimum atomic E-state index is -5.14. The molecule has 0 aliphatic heterocycles. The minimum Gasteiger partial charge on any atom is -0.462 e. The van der Waals surface area contributed by atoms with E-state index in [1.54, 1.807) is 0 Å². The van der Waals surface area contributed by atoms with Crippen molar-refractivity contribution in [1.82, 2.24) is 0 Å². The highest BCUT2D eigenvalue weighted by Crippen LogP contribution is 2.47. The molecule has 0 amide bonds. The van der Waals surface area contributed by atoms with Crippen molar-refractivity contribution in [2.24, 2.45) is 0 Å². The van der Waals surface area contributed by atoms with Crippen LogP contribution in [0.5, 0.6) is 0 Å². The van der Waals surface area contributed by atoms with Crippen LogP contribution >= 0.6 is 7.82 Å². The molecule has 15 nitrogen and oxygen atoms in total. The van der Waals surface area contributed by atoms with Crippen LogP contribution in [0.3, 0.4) is 0 Å². The Hall–Kier alpha value is -1.49. The van der Waals surface area contributed by atoms with Gasteiger partial charge in [0.2, 0.25) is 0 Å². The lowest BCUT2D eigenvalue weighted by molar-refractivity contribution is -0.220. The van der Waals surface area contributed by atoms with Gasteiger partial charge in [0.15, 0.2) is 6.10 Å². The monoisotopic (exact) mass is 869 g/mol. The number of aliphatic hydroxyl groups is 7. The summed E-state index contributed by atoms with van der Waals surface area (Å²) in [7, 11) is -5.14. The number of esters is 2. The van der Waals surface area contributed by atoms with E-state index in [-0.39, 0.29) is 12.8 Å². The molecule has 0 bridgehead atoms. The molecule has 1 fully saturated rings. The number of phosphoric ester groups is 1. The average molecular weight is 869 g/mol. The standard InChI is InChI=1S/C43H81O15P/c1-3-5-7-8-9-10-11-12-13-14-18-21-25-29-36(46)55-31-33(32-56-59(53,54)58-43-41(51)39(49)38(48)40(50)42(43)52)57-37(47)30-26-22-19-16-15-17-20-24-28-35(45)34(44)27-23-6-4-2/h20,24,33-35,38-45,48-52H,3-19,21-23,25-32H2,1-2H3,(H,53,54)/b24-20-. The lowest BCUT2D eigenvalue weighted by atomic mass is 9.85. The van der Waals surface area contributed by atoms with Crippen molar-refractivity contribution in [2.75, 3.05) is 13.2 Å². The zero-order chi connectivity index (χ0) is 43.9. The van der Waals surface area contributed by atoms with Crippen molar-refractivity contribution >= 4 is 19.8 Å². The fourth-order valence-corrected chi connectivity index (χ4v) is 7.93. The largest absolute Gasteiger partial charge is 0.472 e. The molecular formula is C43H81O15P. The Bertz CT molecular complexity index is 1130. The molecule has 0 radical (unpaired) electrons. The third-order valence-corrected chi connectivity index (χ3v) is 11.8. The number of phosphoric acid groups is 1. The van der Waals surface area contributed by atoms with Gasteiger partial charge < -0.3 is 50.1 Å².